The van der Waals surface area contributed by atoms with E-state index in [4.69, 9.17) is 10.5 Å². The van der Waals surface area contributed by atoms with Gasteiger partial charge in [-0.15, -0.1) is 0 Å². The fourth-order valence-corrected chi connectivity index (χ4v) is 2.67. The second-order valence-electron chi connectivity index (χ2n) is 5.24. The molecule has 0 bridgehead atoms. The highest BCUT2D eigenvalue weighted by Crippen LogP contribution is 2.41. The molecule has 1 amide bonds. The van der Waals surface area contributed by atoms with Crippen molar-refractivity contribution in [1.29, 1.82) is 0 Å². The highest BCUT2D eigenvalue weighted by atomic mass is 16.5. The standard InChI is InChI=1S/C17H18N2O2/c1-3-9-19-16-11(2)5-4-6-15(16)21-14-8-7-12(18)10-13(14)17(19)20/h4-8,10H,3,9,18H2,1-2H3. The van der Waals surface area contributed by atoms with Gasteiger partial charge in [-0.1, -0.05) is 19.1 Å². The topological polar surface area (TPSA) is 55.6 Å². The predicted molar refractivity (Wildman–Crippen MR) is 84.1 cm³/mol. The van der Waals surface area contributed by atoms with Crippen LogP contribution in [0, 0.1) is 6.92 Å². The summed E-state index contributed by atoms with van der Waals surface area (Å²) in [5.41, 5.74) is 8.77. The average molecular weight is 282 g/mol. The monoisotopic (exact) mass is 282 g/mol. The lowest BCUT2D eigenvalue weighted by Crippen LogP contribution is -2.31. The molecule has 4 nitrogen and oxygen atoms in total. The number of hydrogen-bond donors (Lipinski definition) is 1. The molecule has 108 valence electrons. The first-order valence-corrected chi connectivity index (χ1v) is 7.10. The van der Waals surface area contributed by atoms with E-state index in [9.17, 15) is 4.79 Å². The van der Waals surface area contributed by atoms with Crippen molar-refractivity contribution < 1.29 is 9.53 Å². The highest BCUT2D eigenvalue weighted by molar-refractivity contribution is 6.10. The number of carbonyl (C=O) groups excluding carboxylic acids is 1. The van der Waals surface area contributed by atoms with Crippen molar-refractivity contribution >= 4 is 17.3 Å². The fourth-order valence-electron chi connectivity index (χ4n) is 2.67. The zero-order valence-electron chi connectivity index (χ0n) is 12.2. The number of benzene rings is 2. The summed E-state index contributed by atoms with van der Waals surface area (Å²) >= 11 is 0. The number of amides is 1. The summed E-state index contributed by atoms with van der Waals surface area (Å²) in [6, 6.07) is 11.0. The Morgan fingerprint density at radius 1 is 1.19 bits per heavy atom. The molecule has 0 fully saturated rings. The van der Waals surface area contributed by atoms with Crippen LogP contribution in [0.25, 0.3) is 0 Å². The van der Waals surface area contributed by atoms with Crippen LogP contribution in [0.5, 0.6) is 11.5 Å². The van der Waals surface area contributed by atoms with Gasteiger partial charge in [0.15, 0.2) is 5.75 Å². The Hall–Kier alpha value is -2.49. The molecule has 2 aromatic rings. The van der Waals surface area contributed by atoms with E-state index < -0.39 is 0 Å². The van der Waals surface area contributed by atoms with E-state index >= 15 is 0 Å². The second kappa shape index (κ2) is 5.13. The van der Waals surface area contributed by atoms with Crippen LogP contribution < -0.4 is 15.4 Å². The van der Waals surface area contributed by atoms with Gasteiger partial charge in [0.05, 0.1) is 11.3 Å². The second-order valence-corrected chi connectivity index (χ2v) is 5.24. The normalized spacial score (nSPS) is 13.2. The van der Waals surface area contributed by atoms with Gasteiger partial charge in [0.25, 0.3) is 5.91 Å². The molecule has 0 unspecified atom stereocenters. The van der Waals surface area contributed by atoms with E-state index in [-0.39, 0.29) is 5.91 Å². The minimum absolute atomic E-state index is 0.0628. The summed E-state index contributed by atoms with van der Waals surface area (Å²) in [4.78, 5) is 14.7. The molecule has 0 atom stereocenters. The van der Waals surface area contributed by atoms with Crippen molar-refractivity contribution in [3.8, 4) is 11.5 Å². The van der Waals surface area contributed by atoms with Gasteiger partial charge in [0.1, 0.15) is 5.75 Å². The Labute approximate surface area is 124 Å². The van der Waals surface area contributed by atoms with Crippen molar-refractivity contribution in [3.05, 3.63) is 47.5 Å². The fraction of sp³-hybridized carbons (Fsp3) is 0.235. The van der Waals surface area contributed by atoms with Gasteiger partial charge in [-0.25, -0.2) is 0 Å². The van der Waals surface area contributed by atoms with Gasteiger partial charge in [-0.3, -0.25) is 4.79 Å². The van der Waals surface area contributed by atoms with Gasteiger partial charge in [-0.05, 0) is 43.2 Å². The molecule has 1 aliphatic heterocycles. The molecule has 0 spiro atoms. The number of anilines is 2. The van der Waals surface area contributed by atoms with E-state index in [0.717, 1.165) is 17.7 Å². The van der Waals surface area contributed by atoms with E-state index in [0.29, 0.717) is 29.3 Å². The van der Waals surface area contributed by atoms with Crippen LogP contribution in [-0.4, -0.2) is 12.5 Å². The molecule has 0 saturated carbocycles. The Balaban J connectivity index is 2.23. The molecule has 1 aliphatic rings. The van der Waals surface area contributed by atoms with Crippen molar-refractivity contribution in [2.24, 2.45) is 0 Å². The zero-order chi connectivity index (χ0) is 15.0. The van der Waals surface area contributed by atoms with Crippen molar-refractivity contribution in [1.82, 2.24) is 0 Å². The maximum atomic E-state index is 12.9. The summed E-state index contributed by atoms with van der Waals surface area (Å²) in [7, 11) is 0. The number of nitrogens with zero attached hydrogens (tertiary/aromatic N) is 1. The Kier molecular flexibility index (Phi) is 3.29. The van der Waals surface area contributed by atoms with Crippen LogP contribution in [0.15, 0.2) is 36.4 Å². The molecular weight excluding hydrogens is 264 g/mol. The first kappa shape index (κ1) is 13.5. The molecule has 3 rings (SSSR count). The average Bonchev–Trinajstić information content (AvgIpc) is 2.57. The first-order valence-electron chi connectivity index (χ1n) is 7.10. The lowest BCUT2D eigenvalue weighted by atomic mass is 10.1. The van der Waals surface area contributed by atoms with Crippen LogP contribution in [0.3, 0.4) is 0 Å². The Morgan fingerprint density at radius 2 is 2.00 bits per heavy atom. The summed E-state index contributed by atoms with van der Waals surface area (Å²) in [5, 5.41) is 0. The number of carbonyl (C=O) groups is 1. The van der Waals surface area contributed by atoms with E-state index in [1.165, 1.54) is 0 Å². The van der Waals surface area contributed by atoms with Gasteiger partial charge in [-0.2, -0.15) is 0 Å². The molecule has 0 aliphatic carbocycles. The minimum Gasteiger partial charge on any atom is -0.454 e. The number of fused-ring (bicyclic) bond motifs is 2. The van der Waals surface area contributed by atoms with Gasteiger partial charge < -0.3 is 15.4 Å². The minimum atomic E-state index is -0.0628. The van der Waals surface area contributed by atoms with Gasteiger partial charge in [0, 0.05) is 12.2 Å². The molecular formula is C17H18N2O2. The largest absolute Gasteiger partial charge is 0.454 e. The maximum absolute atomic E-state index is 12.9. The molecule has 1 heterocycles. The molecule has 0 aromatic heterocycles. The van der Waals surface area contributed by atoms with Crippen molar-refractivity contribution in [3.63, 3.8) is 0 Å². The number of nitrogen functional groups attached to an aromatic ring is 1. The molecule has 0 saturated heterocycles. The third-order valence-corrected chi connectivity index (χ3v) is 3.62. The predicted octanol–water partition coefficient (Wildman–Crippen LogP) is 3.74. The SMILES string of the molecule is CCCN1C(=O)c2cc(N)ccc2Oc2cccc(C)c21. The van der Waals surface area contributed by atoms with E-state index in [1.54, 1.807) is 23.1 Å². The van der Waals surface area contributed by atoms with Crippen molar-refractivity contribution in [2.75, 3.05) is 17.2 Å². The molecule has 0 radical (unpaired) electrons. The van der Waals surface area contributed by atoms with E-state index in [1.807, 2.05) is 25.1 Å². The molecule has 4 heteroatoms. The third-order valence-electron chi connectivity index (χ3n) is 3.62. The van der Waals surface area contributed by atoms with E-state index in [2.05, 4.69) is 6.92 Å². The smallest absolute Gasteiger partial charge is 0.262 e. The number of para-hydroxylation sites is 1. The van der Waals surface area contributed by atoms with Gasteiger partial charge >= 0.3 is 0 Å². The number of ether oxygens (including phenoxy) is 1. The quantitative estimate of drug-likeness (QED) is 0.854. The number of aryl methyl sites for hydroxylation is 1. The number of rotatable bonds is 2. The number of nitrogens with two attached hydrogens (primary N) is 1. The highest BCUT2D eigenvalue weighted by Gasteiger charge is 2.28. The van der Waals surface area contributed by atoms with Crippen LogP contribution in [0.4, 0.5) is 11.4 Å². The summed E-state index contributed by atoms with van der Waals surface area (Å²) in [5.74, 6) is 1.20. The molecule has 2 aromatic carbocycles. The van der Waals surface area contributed by atoms with Crippen molar-refractivity contribution in [2.45, 2.75) is 20.3 Å². The first-order chi connectivity index (χ1) is 10.1. The number of hydrogen-bond acceptors (Lipinski definition) is 3. The summed E-state index contributed by atoms with van der Waals surface area (Å²) < 4.78 is 5.97. The maximum Gasteiger partial charge on any atom is 0.262 e. The van der Waals surface area contributed by atoms with Crippen LogP contribution >= 0.6 is 0 Å². The zero-order valence-corrected chi connectivity index (χ0v) is 12.2. The summed E-state index contributed by atoms with van der Waals surface area (Å²) in [6.07, 6.45) is 0.872. The third kappa shape index (κ3) is 2.23. The Bertz CT molecular complexity index is 710. The summed E-state index contributed by atoms with van der Waals surface area (Å²) in [6.45, 7) is 4.69. The van der Waals surface area contributed by atoms with Gasteiger partial charge in [0.2, 0.25) is 0 Å². The molecule has 2 N–H and O–H groups in total. The van der Waals surface area contributed by atoms with Crippen LogP contribution in [-0.2, 0) is 0 Å². The van der Waals surface area contributed by atoms with Crippen LogP contribution in [0.2, 0.25) is 0 Å². The lowest BCUT2D eigenvalue weighted by molar-refractivity contribution is 0.0987. The molecule has 21 heavy (non-hydrogen) atoms. The lowest BCUT2D eigenvalue weighted by Gasteiger charge is -2.23. The Morgan fingerprint density at radius 3 is 2.76 bits per heavy atom. The van der Waals surface area contributed by atoms with Crippen LogP contribution in [0.1, 0.15) is 29.3 Å².